The van der Waals surface area contributed by atoms with Crippen molar-refractivity contribution in [1.29, 1.82) is 0 Å². The maximum Gasteiger partial charge on any atom is 0.224 e. The fraction of sp³-hybridized carbons (Fsp3) is 0.630. The topological polar surface area (TPSA) is 136 Å². The molecule has 3 aliphatic rings. The fourth-order valence-corrected chi connectivity index (χ4v) is 7.03. The zero-order valence-corrected chi connectivity index (χ0v) is 22.0. The van der Waals surface area contributed by atoms with Crippen LogP contribution in [-0.2, 0) is 0 Å². The van der Waals surface area contributed by atoms with Crippen molar-refractivity contribution in [2.45, 2.75) is 82.5 Å². The van der Waals surface area contributed by atoms with E-state index in [4.69, 9.17) is 15.0 Å². The minimum Gasteiger partial charge on any atom is -0.396 e. The predicted molar refractivity (Wildman–Crippen MR) is 145 cm³/mol. The lowest BCUT2D eigenvalue weighted by molar-refractivity contribution is 0.00446. The summed E-state index contributed by atoms with van der Waals surface area (Å²) in [6, 6.07) is 1.57. The standard InChI is InChI=1S/C27H36N6O3S/c1-14-20(26-32-22-19(37-26)9-11-28-21(22)16-6-7-16)25(31-18-12-17(13-34)23(35)24(18)36)33-27(30-14)29-10-8-15-4-2-3-5-15/h9,11,15-18,23-24,34-36H,2-8,10,12-13H2,1H3,(H2,29,30,31,33)/t17-,18?,23-,24+/m1/s1. The van der Waals surface area contributed by atoms with Gasteiger partial charge in [-0.15, -0.1) is 11.3 Å². The molecular formula is C27H36N6O3S. The Labute approximate surface area is 220 Å². The Morgan fingerprint density at radius 2 is 1.86 bits per heavy atom. The van der Waals surface area contributed by atoms with E-state index < -0.39 is 18.2 Å². The lowest BCUT2D eigenvalue weighted by Gasteiger charge is -2.21. The van der Waals surface area contributed by atoms with Crippen molar-refractivity contribution in [2.75, 3.05) is 23.8 Å². The second-order valence-corrected chi connectivity index (χ2v) is 12.0. The molecule has 3 fully saturated rings. The Morgan fingerprint density at radius 1 is 1.05 bits per heavy atom. The van der Waals surface area contributed by atoms with Gasteiger partial charge in [-0.3, -0.25) is 4.98 Å². The number of aliphatic hydroxyl groups excluding tert-OH is 3. The second-order valence-electron chi connectivity index (χ2n) is 11.0. The van der Waals surface area contributed by atoms with Crippen molar-refractivity contribution < 1.29 is 15.3 Å². The van der Waals surface area contributed by atoms with E-state index >= 15 is 0 Å². The van der Waals surface area contributed by atoms with Crippen LogP contribution in [0.25, 0.3) is 20.8 Å². The van der Waals surface area contributed by atoms with E-state index in [0.29, 0.717) is 24.1 Å². The molecule has 0 aliphatic heterocycles. The molecule has 3 aromatic rings. The van der Waals surface area contributed by atoms with E-state index in [1.807, 2.05) is 19.2 Å². The number of fused-ring (bicyclic) bond motifs is 1. The van der Waals surface area contributed by atoms with E-state index in [1.54, 1.807) is 11.3 Å². The maximum absolute atomic E-state index is 10.7. The minimum atomic E-state index is -1.000. The van der Waals surface area contributed by atoms with Crippen molar-refractivity contribution in [2.24, 2.45) is 11.8 Å². The van der Waals surface area contributed by atoms with Gasteiger partial charge in [0, 0.05) is 31.2 Å². The zero-order chi connectivity index (χ0) is 25.5. The summed E-state index contributed by atoms with van der Waals surface area (Å²) in [7, 11) is 0. The van der Waals surface area contributed by atoms with Crippen LogP contribution in [0, 0.1) is 18.8 Å². The summed E-state index contributed by atoms with van der Waals surface area (Å²) in [5, 5.41) is 38.4. The quantitative estimate of drug-likeness (QED) is 0.283. The molecule has 3 aromatic heterocycles. The highest BCUT2D eigenvalue weighted by Gasteiger charge is 2.41. The van der Waals surface area contributed by atoms with Gasteiger partial charge in [-0.05, 0) is 44.6 Å². The lowest BCUT2D eigenvalue weighted by Crippen LogP contribution is -2.35. The summed E-state index contributed by atoms with van der Waals surface area (Å²) < 4.78 is 1.09. The fourth-order valence-electron chi connectivity index (χ4n) is 5.96. The van der Waals surface area contributed by atoms with E-state index in [-0.39, 0.29) is 12.5 Å². The van der Waals surface area contributed by atoms with Gasteiger partial charge in [0.05, 0.1) is 33.8 Å². The van der Waals surface area contributed by atoms with E-state index in [9.17, 15) is 15.3 Å². The molecule has 9 nitrogen and oxygen atoms in total. The predicted octanol–water partition coefficient (Wildman–Crippen LogP) is 3.84. The van der Waals surface area contributed by atoms with Crippen molar-refractivity contribution in [3.05, 3.63) is 23.7 Å². The van der Waals surface area contributed by atoms with Crippen LogP contribution < -0.4 is 10.6 Å². The molecule has 3 heterocycles. The molecule has 3 saturated carbocycles. The number of rotatable bonds is 9. The average molecular weight is 525 g/mol. The van der Waals surface area contributed by atoms with Gasteiger partial charge in [-0.25, -0.2) is 9.97 Å². The maximum atomic E-state index is 10.7. The molecule has 0 radical (unpaired) electrons. The normalized spacial score (nSPS) is 26.3. The van der Waals surface area contributed by atoms with Crippen molar-refractivity contribution in [3.8, 4) is 10.6 Å². The third-order valence-corrected chi connectivity index (χ3v) is 9.31. The van der Waals surface area contributed by atoms with Crippen molar-refractivity contribution in [3.63, 3.8) is 0 Å². The number of nitrogens with zero attached hydrogens (tertiary/aromatic N) is 4. The molecule has 0 saturated heterocycles. The zero-order valence-electron chi connectivity index (χ0n) is 21.2. The van der Waals surface area contributed by atoms with E-state index in [1.165, 1.54) is 25.7 Å². The minimum absolute atomic E-state index is 0.172. The second kappa shape index (κ2) is 10.4. The number of thiazole rings is 1. The Kier molecular flexibility index (Phi) is 7.00. The van der Waals surface area contributed by atoms with Gasteiger partial charge in [0.1, 0.15) is 22.4 Å². The SMILES string of the molecule is Cc1nc(NCCC2CCCC2)nc(NC2C[C@H](CO)[C@@H](O)[C@H]2O)c1-c1nc2c(C3CC3)nccc2s1. The van der Waals surface area contributed by atoms with Crippen LogP contribution in [0.2, 0.25) is 0 Å². The first kappa shape index (κ1) is 24.9. The first-order valence-corrected chi connectivity index (χ1v) is 14.4. The molecule has 198 valence electrons. The summed E-state index contributed by atoms with van der Waals surface area (Å²) in [6.07, 6.45) is 9.01. The number of hydrogen-bond donors (Lipinski definition) is 5. The molecule has 6 rings (SSSR count). The number of hydrogen-bond acceptors (Lipinski definition) is 10. The summed E-state index contributed by atoms with van der Waals surface area (Å²) in [5.74, 6) is 2.02. The van der Waals surface area contributed by atoms with Crippen LogP contribution in [0.4, 0.5) is 11.8 Å². The largest absolute Gasteiger partial charge is 0.396 e. The third-order valence-electron chi connectivity index (χ3n) is 8.27. The van der Waals surface area contributed by atoms with Crippen molar-refractivity contribution >= 4 is 33.3 Å². The van der Waals surface area contributed by atoms with Crippen LogP contribution in [0.1, 0.15) is 68.7 Å². The Bertz CT molecular complexity index is 1260. The Morgan fingerprint density at radius 3 is 2.59 bits per heavy atom. The summed E-state index contributed by atoms with van der Waals surface area (Å²) >= 11 is 1.60. The molecule has 3 aliphatic carbocycles. The molecule has 10 heteroatoms. The van der Waals surface area contributed by atoms with Gasteiger partial charge in [-0.1, -0.05) is 25.7 Å². The molecule has 0 amide bonds. The molecule has 0 spiro atoms. The van der Waals surface area contributed by atoms with Crippen LogP contribution in [0.5, 0.6) is 0 Å². The van der Waals surface area contributed by atoms with Gasteiger partial charge in [-0.2, -0.15) is 4.98 Å². The molecule has 4 atom stereocenters. The first-order chi connectivity index (χ1) is 18.0. The van der Waals surface area contributed by atoms with Crippen LogP contribution >= 0.6 is 11.3 Å². The van der Waals surface area contributed by atoms with Gasteiger partial charge in [0.2, 0.25) is 5.95 Å². The highest BCUT2D eigenvalue weighted by molar-refractivity contribution is 7.21. The van der Waals surface area contributed by atoms with Crippen molar-refractivity contribution in [1.82, 2.24) is 19.9 Å². The first-order valence-electron chi connectivity index (χ1n) is 13.6. The molecule has 37 heavy (non-hydrogen) atoms. The highest BCUT2D eigenvalue weighted by atomic mass is 32.1. The summed E-state index contributed by atoms with van der Waals surface area (Å²) in [6.45, 7) is 2.61. The third kappa shape index (κ3) is 5.04. The molecular weight excluding hydrogens is 488 g/mol. The number of aliphatic hydroxyl groups is 3. The number of aryl methyl sites for hydroxylation is 1. The summed E-state index contributed by atoms with van der Waals surface area (Å²) in [5.41, 5.74) is 3.62. The Hall–Kier alpha value is -2.40. The van der Waals surface area contributed by atoms with Crippen LogP contribution in [-0.4, -0.2) is 66.7 Å². The Balaban J connectivity index is 1.33. The number of nitrogens with one attached hydrogen (secondary N) is 2. The molecule has 0 aromatic carbocycles. The highest BCUT2D eigenvalue weighted by Crippen LogP contribution is 2.44. The van der Waals surface area contributed by atoms with Gasteiger partial charge in [0.15, 0.2) is 0 Å². The monoisotopic (exact) mass is 524 g/mol. The van der Waals surface area contributed by atoms with Gasteiger partial charge in [0.25, 0.3) is 0 Å². The van der Waals surface area contributed by atoms with Gasteiger partial charge < -0.3 is 26.0 Å². The molecule has 5 N–H and O–H groups in total. The van der Waals surface area contributed by atoms with E-state index in [2.05, 4.69) is 15.6 Å². The smallest absolute Gasteiger partial charge is 0.224 e. The number of pyridine rings is 1. The number of anilines is 2. The van der Waals surface area contributed by atoms with Crippen LogP contribution in [0.15, 0.2) is 12.3 Å². The molecule has 1 unspecified atom stereocenters. The van der Waals surface area contributed by atoms with Gasteiger partial charge >= 0.3 is 0 Å². The van der Waals surface area contributed by atoms with Crippen LogP contribution in [0.3, 0.4) is 0 Å². The average Bonchev–Trinajstić information content (AvgIpc) is 3.31. The summed E-state index contributed by atoms with van der Waals surface area (Å²) in [4.78, 5) is 19.3. The molecule has 0 bridgehead atoms. The van der Waals surface area contributed by atoms with E-state index in [0.717, 1.165) is 63.9 Å². The lowest BCUT2D eigenvalue weighted by atomic mass is 10.0. The number of aromatic nitrogens is 4.